The molecule has 3 aliphatic heterocycles. The molecular weight excluding hydrogens is 686 g/mol. The number of aliphatic carboxylic acids is 1. The summed E-state index contributed by atoms with van der Waals surface area (Å²) in [5, 5.41) is 23.7. The molecule has 290 valence electrons. The Morgan fingerprint density at radius 1 is 0.963 bits per heavy atom. The molecule has 1 spiro atoms. The van der Waals surface area contributed by atoms with Crippen LogP contribution >= 0.6 is 0 Å². The van der Waals surface area contributed by atoms with Gasteiger partial charge >= 0.3 is 5.97 Å². The first-order chi connectivity index (χ1) is 25.4. The Balaban J connectivity index is 1.42. The van der Waals surface area contributed by atoms with Gasteiger partial charge in [0.2, 0.25) is 5.91 Å². The number of hydrogen-bond donors (Lipinski definition) is 3. The number of aromatic hydroxyl groups is 1. The third kappa shape index (κ3) is 6.54. The van der Waals surface area contributed by atoms with E-state index in [4.69, 9.17) is 19.3 Å². The summed E-state index contributed by atoms with van der Waals surface area (Å²) in [6, 6.07) is 0. The van der Waals surface area contributed by atoms with Crippen molar-refractivity contribution in [3.05, 3.63) is 69.4 Å². The van der Waals surface area contributed by atoms with Crippen molar-refractivity contribution in [2.75, 3.05) is 6.54 Å². The SMILES string of the molecule is CC(C)=CCCC1(C)C=Cc2c(O)c3c(c(CC=C(C)C)c2O1)OC12C(=CC4CC1C(C)(C)OC2(C/C=C(/C)C(=O)NCCCCCC(=O)O)C4=O)C3=O. The van der Waals surface area contributed by atoms with E-state index in [-0.39, 0.29) is 47.5 Å². The van der Waals surface area contributed by atoms with Gasteiger partial charge in [0.05, 0.1) is 11.2 Å². The Bertz CT molecular complexity index is 1940. The summed E-state index contributed by atoms with van der Waals surface area (Å²) in [6.45, 7) is 16.0. The van der Waals surface area contributed by atoms with E-state index in [2.05, 4.69) is 25.2 Å². The van der Waals surface area contributed by atoms with Crippen molar-refractivity contribution in [1.82, 2.24) is 5.32 Å². The number of amides is 1. The molecule has 10 heteroatoms. The van der Waals surface area contributed by atoms with Crippen molar-refractivity contribution in [2.45, 2.75) is 136 Å². The van der Waals surface area contributed by atoms with Crippen molar-refractivity contribution in [3.63, 3.8) is 0 Å². The summed E-state index contributed by atoms with van der Waals surface area (Å²) in [4.78, 5) is 53.6. The smallest absolute Gasteiger partial charge is 0.303 e. The monoisotopic (exact) mass is 741 g/mol. The fourth-order valence-electron chi connectivity index (χ4n) is 9.10. The van der Waals surface area contributed by atoms with E-state index in [9.17, 15) is 24.3 Å². The fourth-order valence-corrected chi connectivity index (χ4v) is 9.10. The zero-order valence-corrected chi connectivity index (χ0v) is 32.9. The van der Waals surface area contributed by atoms with Crippen LogP contribution in [-0.2, 0) is 25.5 Å². The second-order valence-corrected chi connectivity index (χ2v) is 16.9. The molecule has 5 unspecified atom stereocenters. The number of hydrogen-bond acceptors (Lipinski definition) is 8. The van der Waals surface area contributed by atoms with Gasteiger partial charge in [0.25, 0.3) is 0 Å². The van der Waals surface area contributed by atoms with Crippen LogP contribution < -0.4 is 14.8 Å². The van der Waals surface area contributed by atoms with Crippen LogP contribution in [0.2, 0.25) is 0 Å². The maximum absolute atomic E-state index is 14.9. The van der Waals surface area contributed by atoms with E-state index in [1.165, 1.54) is 5.57 Å². The minimum atomic E-state index is -1.61. The van der Waals surface area contributed by atoms with E-state index in [1.807, 2.05) is 52.8 Å². The van der Waals surface area contributed by atoms with Crippen LogP contribution in [-0.4, -0.2) is 62.6 Å². The number of ketones is 2. The number of allylic oxidation sites excluding steroid dienone is 5. The Morgan fingerprint density at radius 3 is 2.37 bits per heavy atom. The van der Waals surface area contributed by atoms with Gasteiger partial charge in [0.1, 0.15) is 28.4 Å². The van der Waals surface area contributed by atoms with Gasteiger partial charge in [-0.3, -0.25) is 19.2 Å². The van der Waals surface area contributed by atoms with Crippen LogP contribution in [0.1, 0.15) is 128 Å². The molecule has 7 rings (SSSR count). The molecule has 5 atom stereocenters. The first-order valence-corrected chi connectivity index (χ1v) is 19.3. The number of phenolic OH excluding ortho intramolecular Hbond substituents is 1. The number of benzene rings is 1. The minimum Gasteiger partial charge on any atom is -0.506 e. The number of phenols is 1. The highest BCUT2D eigenvalue weighted by atomic mass is 16.6. The predicted molar refractivity (Wildman–Crippen MR) is 206 cm³/mol. The summed E-state index contributed by atoms with van der Waals surface area (Å²) >= 11 is 0. The van der Waals surface area contributed by atoms with E-state index >= 15 is 0 Å². The van der Waals surface area contributed by atoms with Gasteiger partial charge in [-0.15, -0.1) is 0 Å². The van der Waals surface area contributed by atoms with Gasteiger partial charge in [-0.05, 0) is 106 Å². The van der Waals surface area contributed by atoms with Gasteiger partial charge < -0.3 is 29.7 Å². The first-order valence-electron chi connectivity index (χ1n) is 19.3. The van der Waals surface area contributed by atoms with Crippen LogP contribution in [0.4, 0.5) is 0 Å². The Labute approximate surface area is 318 Å². The normalized spacial score (nSPS) is 28.2. The molecule has 3 aliphatic carbocycles. The molecule has 1 saturated carbocycles. The topological polar surface area (TPSA) is 148 Å². The van der Waals surface area contributed by atoms with Crippen molar-refractivity contribution in [1.29, 1.82) is 0 Å². The third-order valence-electron chi connectivity index (χ3n) is 11.9. The number of carbonyl (C=O) groups excluding carboxylic acids is 3. The van der Waals surface area contributed by atoms with E-state index < -0.39 is 40.1 Å². The second-order valence-electron chi connectivity index (χ2n) is 16.9. The molecule has 0 radical (unpaired) electrons. The number of carbonyl (C=O) groups is 4. The zero-order valence-electron chi connectivity index (χ0n) is 32.9. The molecule has 6 aliphatic rings. The lowest BCUT2D eigenvalue weighted by Gasteiger charge is -2.56. The number of carboxylic acids is 1. The number of unbranched alkanes of at least 4 members (excludes halogenated alkanes) is 2. The summed E-state index contributed by atoms with van der Waals surface area (Å²) in [6.07, 6.45) is 15.6. The fraction of sp³-hybridized carbons (Fsp3) is 0.545. The van der Waals surface area contributed by atoms with Crippen LogP contribution in [0.25, 0.3) is 6.08 Å². The van der Waals surface area contributed by atoms with E-state index in [0.29, 0.717) is 73.1 Å². The number of Topliss-reactive ketones (excluding diaryl/α,β-unsaturated/α-hetero) is 2. The zero-order chi connectivity index (χ0) is 39.4. The molecule has 1 amide bonds. The van der Waals surface area contributed by atoms with Crippen molar-refractivity contribution < 1.29 is 43.6 Å². The first kappa shape index (κ1) is 39.3. The Morgan fingerprint density at radius 2 is 1.69 bits per heavy atom. The molecule has 1 saturated heterocycles. The Kier molecular flexibility index (Phi) is 10.4. The summed E-state index contributed by atoms with van der Waals surface area (Å²) in [5.74, 6) is -2.26. The number of fused-ring (bicyclic) bond motifs is 2. The van der Waals surface area contributed by atoms with Crippen LogP contribution in [0.5, 0.6) is 17.2 Å². The standard InChI is InChI=1S/C44H55NO9/c1-25(2)13-12-19-42(8)20-18-29-35(48)34-36(49)31-23-28-24-32-41(6,7)54-43(39(28)50,21-17-27(5)40(51)45-22-11-9-10-14-33(46)47)44(31,32)53-38(34)30(37(29)52-42)16-15-26(3)4/h13,15,17-18,20,23,28,32,48H,9-12,14,16,19,21-22,24H2,1-8H3,(H,45,51)(H,46,47)/b27-17-. The summed E-state index contributed by atoms with van der Waals surface area (Å²) in [5.41, 5.74) is -0.601. The lowest BCUT2D eigenvalue weighted by molar-refractivity contribution is -0.171. The van der Waals surface area contributed by atoms with Crippen molar-refractivity contribution in [3.8, 4) is 17.2 Å². The van der Waals surface area contributed by atoms with Gasteiger partial charge in [-0.25, -0.2) is 0 Å². The van der Waals surface area contributed by atoms with E-state index in [1.54, 1.807) is 19.1 Å². The molecule has 1 aromatic rings. The molecule has 0 aromatic heterocycles. The molecule has 2 fully saturated rings. The van der Waals surface area contributed by atoms with Crippen LogP contribution in [0.15, 0.2) is 52.7 Å². The highest BCUT2D eigenvalue weighted by Crippen LogP contribution is 2.68. The average Bonchev–Trinajstić information content (AvgIpc) is 3.24. The molecule has 3 N–H and O–H groups in total. The number of carboxylic acid groups (broad SMARTS) is 1. The van der Waals surface area contributed by atoms with Crippen LogP contribution in [0, 0.1) is 11.8 Å². The molecule has 3 heterocycles. The van der Waals surface area contributed by atoms with E-state index in [0.717, 1.165) is 12.0 Å². The largest absolute Gasteiger partial charge is 0.506 e. The number of nitrogens with one attached hydrogen (secondary N) is 1. The minimum absolute atomic E-state index is 0.00196. The van der Waals surface area contributed by atoms with Gasteiger partial charge in [0, 0.05) is 47.9 Å². The highest BCUT2D eigenvalue weighted by Gasteiger charge is 2.81. The third-order valence-corrected chi connectivity index (χ3v) is 11.9. The number of rotatable bonds is 14. The van der Waals surface area contributed by atoms with Crippen molar-refractivity contribution >= 4 is 29.5 Å². The summed E-state index contributed by atoms with van der Waals surface area (Å²) < 4.78 is 20.9. The maximum Gasteiger partial charge on any atom is 0.303 e. The Hall–Kier alpha value is -4.44. The highest BCUT2D eigenvalue weighted by molar-refractivity contribution is 6.19. The molecular formula is C44H55NO9. The molecule has 1 aromatic carbocycles. The van der Waals surface area contributed by atoms with Gasteiger partial charge in [-0.2, -0.15) is 0 Å². The van der Waals surface area contributed by atoms with Crippen LogP contribution in [0.3, 0.4) is 0 Å². The molecule has 54 heavy (non-hydrogen) atoms. The second kappa shape index (κ2) is 14.3. The van der Waals surface area contributed by atoms with Gasteiger partial charge in [-0.1, -0.05) is 41.9 Å². The predicted octanol–water partition coefficient (Wildman–Crippen LogP) is 7.92. The maximum atomic E-state index is 14.9. The lowest BCUT2D eigenvalue weighted by atomic mass is 9.51. The summed E-state index contributed by atoms with van der Waals surface area (Å²) in [7, 11) is 0. The lowest BCUT2D eigenvalue weighted by Crippen LogP contribution is -2.72. The van der Waals surface area contributed by atoms with Crippen molar-refractivity contribution in [2.24, 2.45) is 11.8 Å². The average molecular weight is 742 g/mol. The molecule has 10 nitrogen and oxygen atoms in total. The van der Waals surface area contributed by atoms with Gasteiger partial charge in [0.15, 0.2) is 22.8 Å². The quantitative estimate of drug-likeness (QED) is 0.0983. The number of ether oxygens (including phenoxy) is 3. The molecule has 4 bridgehead atoms.